The van der Waals surface area contributed by atoms with Crippen LogP contribution in [0, 0.1) is 0 Å². The van der Waals surface area contributed by atoms with E-state index in [1.807, 2.05) is 24.1 Å². The molecule has 6 nitrogen and oxygen atoms in total. The number of rotatable bonds is 4. The van der Waals surface area contributed by atoms with Gasteiger partial charge in [0.1, 0.15) is 5.82 Å². The van der Waals surface area contributed by atoms with Crippen LogP contribution in [0.2, 0.25) is 0 Å². The number of nitrogens with zero attached hydrogens (tertiary/aromatic N) is 3. The second-order valence-electron chi connectivity index (χ2n) is 4.12. The van der Waals surface area contributed by atoms with E-state index in [0.29, 0.717) is 23.7 Å². The standard InChI is InChI=1S/C14H16N4O2/c1-3-20-14(19)11-7-13(17-9-12(11)15)18(2)10-5-4-6-16-8-10/h4-9H,3,15H2,1-2H3. The molecule has 20 heavy (non-hydrogen) atoms. The van der Waals surface area contributed by atoms with Crippen LogP contribution in [0.5, 0.6) is 0 Å². The predicted octanol–water partition coefficient (Wildman–Crippen LogP) is 2.00. The number of aromatic nitrogens is 2. The number of nitrogen functional groups attached to an aromatic ring is 1. The molecular weight excluding hydrogens is 256 g/mol. The Labute approximate surface area is 117 Å². The molecule has 0 aliphatic heterocycles. The average Bonchev–Trinajstić information content (AvgIpc) is 2.48. The molecular formula is C14H16N4O2. The Morgan fingerprint density at radius 1 is 1.45 bits per heavy atom. The van der Waals surface area contributed by atoms with Gasteiger partial charge < -0.3 is 15.4 Å². The molecule has 2 aromatic rings. The Morgan fingerprint density at radius 2 is 2.25 bits per heavy atom. The molecule has 0 fully saturated rings. The number of carbonyl (C=O) groups excluding carboxylic acids is 1. The molecule has 2 aromatic heterocycles. The van der Waals surface area contributed by atoms with Crippen LogP contribution in [0.1, 0.15) is 17.3 Å². The number of ether oxygens (including phenoxy) is 1. The van der Waals surface area contributed by atoms with Crippen molar-refractivity contribution < 1.29 is 9.53 Å². The molecule has 0 bridgehead atoms. The van der Waals surface area contributed by atoms with Gasteiger partial charge in [-0.2, -0.15) is 0 Å². The summed E-state index contributed by atoms with van der Waals surface area (Å²) in [6, 6.07) is 5.34. The highest BCUT2D eigenvalue weighted by Gasteiger charge is 2.14. The highest BCUT2D eigenvalue weighted by molar-refractivity contribution is 5.95. The largest absolute Gasteiger partial charge is 0.462 e. The monoisotopic (exact) mass is 272 g/mol. The third-order valence-corrected chi connectivity index (χ3v) is 2.79. The van der Waals surface area contributed by atoms with Gasteiger partial charge in [0, 0.05) is 13.2 Å². The number of anilines is 3. The van der Waals surface area contributed by atoms with Gasteiger partial charge in [-0.3, -0.25) is 4.98 Å². The first-order chi connectivity index (χ1) is 9.63. The van der Waals surface area contributed by atoms with E-state index in [1.54, 1.807) is 25.4 Å². The van der Waals surface area contributed by atoms with Crippen LogP contribution in [-0.4, -0.2) is 29.6 Å². The summed E-state index contributed by atoms with van der Waals surface area (Å²) in [6.07, 6.45) is 4.86. The van der Waals surface area contributed by atoms with E-state index in [0.717, 1.165) is 5.69 Å². The molecule has 0 saturated carbocycles. The molecule has 0 saturated heterocycles. The summed E-state index contributed by atoms with van der Waals surface area (Å²) in [7, 11) is 1.84. The van der Waals surface area contributed by atoms with Gasteiger partial charge in [0.25, 0.3) is 0 Å². The number of carbonyl (C=O) groups is 1. The topological polar surface area (TPSA) is 81.3 Å². The Bertz CT molecular complexity index is 601. The fraction of sp³-hybridized carbons (Fsp3) is 0.214. The van der Waals surface area contributed by atoms with E-state index in [1.165, 1.54) is 6.20 Å². The summed E-state index contributed by atoms with van der Waals surface area (Å²) in [5.41, 5.74) is 7.24. The average molecular weight is 272 g/mol. The SMILES string of the molecule is CCOC(=O)c1cc(N(C)c2cccnc2)ncc1N. The lowest BCUT2D eigenvalue weighted by Gasteiger charge is -2.18. The molecule has 104 valence electrons. The molecule has 2 N–H and O–H groups in total. The quantitative estimate of drug-likeness (QED) is 0.857. The zero-order valence-corrected chi connectivity index (χ0v) is 11.4. The molecule has 6 heteroatoms. The predicted molar refractivity (Wildman–Crippen MR) is 76.9 cm³/mol. The highest BCUT2D eigenvalue weighted by Crippen LogP contribution is 2.23. The van der Waals surface area contributed by atoms with Crippen LogP contribution in [0.15, 0.2) is 36.8 Å². The van der Waals surface area contributed by atoms with Crippen molar-refractivity contribution in [3.63, 3.8) is 0 Å². The van der Waals surface area contributed by atoms with E-state index in [4.69, 9.17) is 10.5 Å². The van der Waals surface area contributed by atoms with Crippen molar-refractivity contribution in [1.82, 2.24) is 9.97 Å². The fourth-order valence-electron chi connectivity index (χ4n) is 1.71. The lowest BCUT2D eigenvalue weighted by molar-refractivity contribution is 0.0527. The summed E-state index contributed by atoms with van der Waals surface area (Å²) >= 11 is 0. The molecule has 0 radical (unpaired) electrons. The van der Waals surface area contributed by atoms with Crippen molar-refractivity contribution in [2.45, 2.75) is 6.92 Å². The van der Waals surface area contributed by atoms with Crippen molar-refractivity contribution in [2.24, 2.45) is 0 Å². The van der Waals surface area contributed by atoms with Gasteiger partial charge in [-0.05, 0) is 25.1 Å². The van der Waals surface area contributed by atoms with Gasteiger partial charge in [0.2, 0.25) is 0 Å². The number of nitrogens with two attached hydrogens (primary N) is 1. The molecule has 0 atom stereocenters. The Balaban J connectivity index is 2.34. The summed E-state index contributed by atoms with van der Waals surface area (Å²) in [5.74, 6) is 0.142. The second kappa shape index (κ2) is 6.01. The minimum absolute atomic E-state index is 0.298. The Morgan fingerprint density at radius 3 is 2.90 bits per heavy atom. The first-order valence-electron chi connectivity index (χ1n) is 6.20. The fourth-order valence-corrected chi connectivity index (χ4v) is 1.71. The smallest absolute Gasteiger partial charge is 0.340 e. The van der Waals surface area contributed by atoms with E-state index >= 15 is 0 Å². The van der Waals surface area contributed by atoms with Gasteiger partial charge in [0.05, 0.1) is 35.9 Å². The van der Waals surface area contributed by atoms with Gasteiger partial charge in [-0.15, -0.1) is 0 Å². The minimum atomic E-state index is -0.451. The highest BCUT2D eigenvalue weighted by atomic mass is 16.5. The van der Waals surface area contributed by atoms with Crippen LogP contribution in [0.3, 0.4) is 0 Å². The Kier molecular flexibility index (Phi) is 4.14. The van der Waals surface area contributed by atoms with Gasteiger partial charge in [0.15, 0.2) is 0 Å². The maximum atomic E-state index is 11.8. The van der Waals surface area contributed by atoms with Crippen molar-refractivity contribution in [1.29, 1.82) is 0 Å². The third kappa shape index (κ3) is 2.85. The van der Waals surface area contributed by atoms with E-state index < -0.39 is 5.97 Å². The van der Waals surface area contributed by atoms with Gasteiger partial charge >= 0.3 is 5.97 Å². The molecule has 0 aromatic carbocycles. The van der Waals surface area contributed by atoms with Crippen molar-refractivity contribution >= 4 is 23.2 Å². The normalized spacial score (nSPS) is 10.1. The summed E-state index contributed by atoms with van der Waals surface area (Å²) < 4.78 is 4.97. The first kappa shape index (κ1) is 13.8. The summed E-state index contributed by atoms with van der Waals surface area (Å²) in [4.78, 5) is 21.9. The number of esters is 1. The van der Waals surface area contributed by atoms with Gasteiger partial charge in [-0.1, -0.05) is 0 Å². The minimum Gasteiger partial charge on any atom is -0.462 e. The van der Waals surface area contributed by atoms with Crippen LogP contribution < -0.4 is 10.6 Å². The second-order valence-corrected chi connectivity index (χ2v) is 4.12. The summed E-state index contributed by atoms with van der Waals surface area (Å²) in [6.45, 7) is 2.05. The lowest BCUT2D eigenvalue weighted by atomic mass is 10.2. The molecule has 0 spiro atoms. The number of hydrogen-bond donors (Lipinski definition) is 1. The number of hydrogen-bond acceptors (Lipinski definition) is 6. The van der Waals surface area contributed by atoms with E-state index in [-0.39, 0.29) is 0 Å². The van der Waals surface area contributed by atoms with Crippen molar-refractivity contribution in [2.75, 3.05) is 24.3 Å². The molecule has 0 amide bonds. The van der Waals surface area contributed by atoms with Gasteiger partial charge in [-0.25, -0.2) is 9.78 Å². The molecule has 0 aliphatic carbocycles. The maximum absolute atomic E-state index is 11.8. The van der Waals surface area contributed by atoms with Crippen LogP contribution in [-0.2, 0) is 4.74 Å². The molecule has 0 unspecified atom stereocenters. The molecule has 2 heterocycles. The van der Waals surface area contributed by atoms with Crippen LogP contribution in [0.25, 0.3) is 0 Å². The van der Waals surface area contributed by atoms with E-state index in [2.05, 4.69) is 9.97 Å². The first-order valence-corrected chi connectivity index (χ1v) is 6.20. The lowest BCUT2D eigenvalue weighted by Crippen LogP contribution is -2.14. The zero-order valence-electron chi connectivity index (χ0n) is 11.4. The zero-order chi connectivity index (χ0) is 14.5. The molecule has 2 rings (SSSR count). The Hall–Kier alpha value is -2.63. The molecule has 0 aliphatic rings. The maximum Gasteiger partial charge on any atom is 0.340 e. The van der Waals surface area contributed by atoms with Crippen LogP contribution in [0.4, 0.5) is 17.2 Å². The number of pyridine rings is 2. The van der Waals surface area contributed by atoms with Crippen molar-refractivity contribution in [3.05, 3.63) is 42.4 Å². The van der Waals surface area contributed by atoms with Crippen LogP contribution >= 0.6 is 0 Å². The van der Waals surface area contributed by atoms with E-state index in [9.17, 15) is 4.79 Å². The third-order valence-electron chi connectivity index (χ3n) is 2.79. The van der Waals surface area contributed by atoms with Crippen molar-refractivity contribution in [3.8, 4) is 0 Å². The summed E-state index contributed by atoms with van der Waals surface area (Å²) in [5, 5.41) is 0.